The van der Waals surface area contributed by atoms with Gasteiger partial charge in [-0.05, 0) is 48.9 Å². The van der Waals surface area contributed by atoms with Crippen molar-refractivity contribution < 1.29 is 9.72 Å². The highest BCUT2D eigenvalue weighted by Crippen LogP contribution is 2.30. The number of aromatic nitrogens is 5. The van der Waals surface area contributed by atoms with Crippen molar-refractivity contribution in [2.45, 2.75) is 6.92 Å². The fraction of sp³-hybridized carbons (Fsp3) is 0.0417. The molecule has 4 aromatic heterocycles. The van der Waals surface area contributed by atoms with Crippen LogP contribution in [0, 0.1) is 17.0 Å². The molecule has 1 N–H and O–H groups in total. The van der Waals surface area contributed by atoms with Crippen LogP contribution in [0.2, 0.25) is 0 Å². The second-order valence-corrected chi connectivity index (χ2v) is 9.86. The third kappa shape index (κ3) is 3.87. The van der Waals surface area contributed by atoms with Crippen LogP contribution in [0.4, 0.5) is 10.8 Å². The van der Waals surface area contributed by atoms with Gasteiger partial charge in [-0.1, -0.05) is 23.5 Å². The number of hydrogen-bond donors (Lipinski definition) is 1. The van der Waals surface area contributed by atoms with Gasteiger partial charge in [0.15, 0.2) is 11.5 Å². The number of amides is 1. The zero-order valence-electron chi connectivity index (χ0n) is 18.6. The number of rotatable bonds is 5. The van der Waals surface area contributed by atoms with Gasteiger partial charge in [0.25, 0.3) is 5.91 Å². The molecule has 0 aliphatic rings. The summed E-state index contributed by atoms with van der Waals surface area (Å²) in [6.45, 7) is 1.99. The van der Waals surface area contributed by atoms with E-state index in [4.69, 9.17) is 4.98 Å². The molecule has 0 atom stereocenters. The number of carbonyl (C=O) groups is 1. The molecule has 176 valence electrons. The van der Waals surface area contributed by atoms with Crippen molar-refractivity contribution in [3.05, 3.63) is 86.9 Å². The van der Waals surface area contributed by atoms with E-state index in [2.05, 4.69) is 20.4 Å². The maximum atomic E-state index is 13.0. The van der Waals surface area contributed by atoms with Crippen LogP contribution < -0.4 is 5.32 Å². The molecule has 12 heteroatoms. The number of fused-ring (bicyclic) bond motifs is 2. The lowest BCUT2D eigenvalue weighted by Gasteiger charge is -2.09. The average molecular weight is 514 g/mol. The van der Waals surface area contributed by atoms with E-state index in [0.717, 1.165) is 38.4 Å². The third-order valence-corrected chi connectivity index (χ3v) is 7.34. The molecule has 6 aromatic rings. The molecule has 0 saturated carbocycles. The summed E-state index contributed by atoms with van der Waals surface area (Å²) in [5.74, 6) is 0.143. The van der Waals surface area contributed by atoms with Crippen LogP contribution in [0.3, 0.4) is 0 Å². The van der Waals surface area contributed by atoms with Crippen molar-refractivity contribution >= 4 is 60.6 Å². The van der Waals surface area contributed by atoms with E-state index in [0.29, 0.717) is 16.9 Å². The molecule has 0 saturated heterocycles. The van der Waals surface area contributed by atoms with E-state index < -0.39 is 10.8 Å². The third-order valence-electron chi connectivity index (χ3n) is 5.49. The maximum Gasteiger partial charge on any atom is 0.324 e. The van der Waals surface area contributed by atoms with E-state index >= 15 is 0 Å². The normalized spacial score (nSPS) is 11.2. The van der Waals surface area contributed by atoms with Gasteiger partial charge in [0, 0.05) is 11.6 Å². The van der Waals surface area contributed by atoms with Crippen LogP contribution in [0.1, 0.15) is 15.2 Å². The quantitative estimate of drug-likeness (QED) is 0.234. The average Bonchev–Trinajstić information content (AvgIpc) is 3.63. The first-order valence-electron chi connectivity index (χ1n) is 10.7. The Labute approximate surface area is 211 Å². The van der Waals surface area contributed by atoms with Crippen molar-refractivity contribution in [1.29, 1.82) is 0 Å². The van der Waals surface area contributed by atoms with E-state index in [1.165, 1.54) is 23.5 Å². The molecule has 0 spiro atoms. The van der Waals surface area contributed by atoms with E-state index in [1.807, 2.05) is 49.4 Å². The summed E-state index contributed by atoms with van der Waals surface area (Å²) >= 11 is 2.34. The molecular weight excluding hydrogens is 498 g/mol. The summed E-state index contributed by atoms with van der Waals surface area (Å²) in [5, 5.41) is 18.8. The van der Waals surface area contributed by atoms with Gasteiger partial charge in [0.2, 0.25) is 0 Å². The van der Waals surface area contributed by atoms with Crippen LogP contribution in [0.15, 0.2) is 66.3 Å². The van der Waals surface area contributed by atoms with Gasteiger partial charge in [-0.15, -0.1) is 11.3 Å². The minimum absolute atomic E-state index is 0.113. The summed E-state index contributed by atoms with van der Waals surface area (Å²) in [6, 6.07) is 16.3. The Morgan fingerprint density at radius 1 is 1.11 bits per heavy atom. The molecule has 0 aliphatic heterocycles. The Kier molecular flexibility index (Phi) is 5.24. The molecule has 36 heavy (non-hydrogen) atoms. The van der Waals surface area contributed by atoms with Crippen LogP contribution in [-0.2, 0) is 0 Å². The molecule has 10 nitrogen and oxygen atoms in total. The Bertz CT molecular complexity index is 1800. The van der Waals surface area contributed by atoms with Crippen molar-refractivity contribution in [3.63, 3.8) is 0 Å². The van der Waals surface area contributed by atoms with E-state index in [1.54, 1.807) is 16.4 Å². The molecule has 0 radical (unpaired) electrons. The number of benzene rings is 2. The molecule has 2 aromatic carbocycles. The minimum Gasteiger partial charge on any atom is -0.305 e. The fourth-order valence-electron chi connectivity index (χ4n) is 3.80. The lowest BCUT2D eigenvalue weighted by Crippen LogP contribution is -2.12. The minimum atomic E-state index is -0.525. The van der Waals surface area contributed by atoms with Gasteiger partial charge >= 0.3 is 5.00 Å². The number of hydrogen-bond acceptors (Lipinski definition) is 9. The zero-order chi connectivity index (χ0) is 24.8. The lowest BCUT2D eigenvalue weighted by molar-refractivity contribution is -0.380. The molecule has 4 heterocycles. The van der Waals surface area contributed by atoms with Gasteiger partial charge in [0.1, 0.15) is 5.82 Å². The van der Waals surface area contributed by atoms with E-state index in [-0.39, 0.29) is 15.7 Å². The number of thiophene rings is 1. The highest BCUT2D eigenvalue weighted by molar-refractivity contribution is 7.17. The van der Waals surface area contributed by atoms with Gasteiger partial charge in [-0.25, -0.2) is 19.6 Å². The summed E-state index contributed by atoms with van der Waals surface area (Å²) in [5.41, 5.74) is 5.72. The fourth-order valence-corrected chi connectivity index (χ4v) is 5.17. The Balaban J connectivity index is 1.50. The van der Waals surface area contributed by atoms with Gasteiger partial charge in [0.05, 0.1) is 42.8 Å². The number of aryl methyl sites for hydroxylation is 1. The second kappa shape index (κ2) is 8.59. The number of nitrogens with one attached hydrogen (secondary N) is 1. The number of anilines is 1. The highest BCUT2D eigenvalue weighted by atomic mass is 32.1. The van der Waals surface area contributed by atoms with Crippen LogP contribution in [-0.4, -0.2) is 35.6 Å². The first-order valence-corrected chi connectivity index (χ1v) is 12.4. The number of nitro groups is 1. The Morgan fingerprint density at radius 2 is 2.00 bits per heavy atom. The first-order chi connectivity index (χ1) is 17.5. The summed E-state index contributed by atoms with van der Waals surface area (Å²) in [4.78, 5) is 37.5. The molecule has 6 rings (SSSR count). The SMILES string of the molecule is Cc1cccc(-n2ncc3c(NC(=O)c4ccc([N+](=O)[O-])s4)nc(-c4ccc5scnc5c4)nc32)c1. The van der Waals surface area contributed by atoms with Crippen molar-refractivity contribution in [2.24, 2.45) is 0 Å². The number of carbonyl (C=O) groups excluding carboxylic acids is 1. The first kappa shape index (κ1) is 21.9. The molecule has 0 aliphatic carbocycles. The zero-order valence-corrected chi connectivity index (χ0v) is 20.2. The second-order valence-electron chi connectivity index (χ2n) is 7.91. The van der Waals surface area contributed by atoms with E-state index in [9.17, 15) is 14.9 Å². The predicted octanol–water partition coefficient (Wildman–Crippen LogP) is 5.62. The summed E-state index contributed by atoms with van der Waals surface area (Å²) in [7, 11) is 0. The Morgan fingerprint density at radius 3 is 2.81 bits per heavy atom. The highest BCUT2D eigenvalue weighted by Gasteiger charge is 2.20. The molecule has 1 amide bonds. The number of thiazole rings is 1. The lowest BCUT2D eigenvalue weighted by atomic mass is 10.2. The number of nitrogens with zero attached hydrogens (tertiary/aromatic N) is 6. The van der Waals surface area contributed by atoms with Crippen molar-refractivity contribution in [2.75, 3.05) is 5.32 Å². The smallest absolute Gasteiger partial charge is 0.305 e. The molecule has 0 bridgehead atoms. The maximum absolute atomic E-state index is 13.0. The van der Waals surface area contributed by atoms with Gasteiger partial charge < -0.3 is 5.32 Å². The monoisotopic (exact) mass is 513 g/mol. The van der Waals surface area contributed by atoms with Crippen LogP contribution in [0.25, 0.3) is 38.3 Å². The topological polar surface area (TPSA) is 129 Å². The van der Waals surface area contributed by atoms with Crippen LogP contribution >= 0.6 is 22.7 Å². The summed E-state index contributed by atoms with van der Waals surface area (Å²) < 4.78 is 2.73. The molecular formula is C24H15N7O3S2. The largest absolute Gasteiger partial charge is 0.324 e. The molecule has 0 fully saturated rings. The predicted molar refractivity (Wildman–Crippen MR) is 139 cm³/mol. The summed E-state index contributed by atoms with van der Waals surface area (Å²) in [6.07, 6.45) is 1.59. The standard InChI is InChI=1S/C24H15N7O3S2/c1-13-3-2-4-15(9-13)30-23-16(11-26-30)22(29-24(32)19-7-8-20(36-19)31(33)34)27-21(28-23)14-5-6-18-17(10-14)25-12-35-18/h2-12H,1H3,(H,27,28,29,32). The van der Waals surface area contributed by atoms with Crippen molar-refractivity contribution in [1.82, 2.24) is 24.7 Å². The Hall–Kier alpha value is -4.55. The molecule has 0 unspecified atom stereocenters. The van der Waals surface area contributed by atoms with Gasteiger partial charge in [-0.3, -0.25) is 14.9 Å². The van der Waals surface area contributed by atoms with Crippen LogP contribution in [0.5, 0.6) is 0 Å². The van der Waals surface area contributed by atoms with Gasteiger partial charge in [-0.2, -0.15) is 5.10 Å². The van der Waals surface area contributed by atoms with Crippen molar-refractivity contribution in [3.8, 4) is 17.1 Å².